The number of amides is 1. The van der Waals surface area contributed by atoms with Gasteiger partial charge in [0.15, 0.2) is 0 Å². The van der Waals surface area contributed by atoms with Crippen LogP contribution in [-0.2, 0) is 11.3 Å². The van der Waals surface area contributed by atoms with Gasteiger partial charge in [0, 0.05) is 19.6 Å². The standard InChI is InChI=1S/C19H17ClFN3O/c20-16-10-14(21)6-7-18(16)24-19(25)15-8-9-23(12-17(15)22-24)11-13-4-2-1-3-5-13/h1-7,10,15H,8-9,11-12H2. The Morgan fingerprint density at radius 2 is 2.00 bits per heavy atom. The number of hydrogen-bond acceptors (Lipinski definition) is 3. The number of carbonyl (C=O) groups excluding carboxylic acids is 1. The minimum Gasteiger partial charge on any atom is -0.293 e. The molecular weight excluding hydrogens is 341 g/mol. The highest BCUT2D eigenvalue weighted by Gasteiger charge is 2.40. The van der Waals surface area contributed by atoms with Crippen LogP contribution in [0.15, 0.2) is 53.6 Å². The molecule has 2 aromatic rings. The number of piperidine rings is 1. The largest absolute Gasteiger partial charge is 0.293 e. The van der Waals surface area contributed by atoms with E-state index >= 15 is 0 Å². The molecule has 2 aromatic carbocycles. The van der Waals surface area contributed by atoms with E-state index < -0.39 is 5.82 Å². The third kappa shape index (κ3) is 3.17. The molecule has 0 aromatic heterocycles. The second-order valence-corrected chi connectivity index (χ2v) is 6.78. The molecule has 0 saturated carbocycles. The first-order valence-electron chi connectivity index (χ1n) is 8.24. The lowest BCUT2D eigenvalue weighted by atomic mass is 9.94. The quantitative estimate of drug-likeness (QED) is 0.839. The van der Waals surface area contributed by atoms with Crippen LogP contribution in [-0.4, -0.2) is 29.6 Å². The number of anilines is 1. The molecule has 1 fully saturated rings. The molecule has 2 aliphatic heterocycles. The molecule has 0 radical (unpaired) electrons. The van der Waals surface area contributed by atoms with E-state index in [1.807, 2.05) is 18.2 Å². The van der Waals surface area contributed by atoms with Crippen LogP contribution >= 0.6 is 11.6 Å². The summed E-state index contributed by atoms with van der Waals surface area (Å²) in [6.07, 6.45) is 0.736. The van der Waals surface area contributed by atoms with Gasteiger partial charge >= 0.3 is 0 Å². The molecule has 4 nitrogen and oxygen atoms in total. The fourth-order valence-corrected chi connectivity index (χ4v) is 3.64. The first-order chi connectivity index (χ1) is 12.1. The second-order valence-electron chi connectivity index (χ2n) is 6.37. The van der Waals surface area contributed by atoms with Crippen molar-refractivity contribution in [2.75, 3.05) is 18.1 Å². The van der Waals surface area contributed by atoms with E-state index in [-0.39, 0.29) is 16.8 Å². The SMILES string of the molecule is O=C1C2CCN(Cc3ccccc3)CC2=NN1c1ccc(F)cc1Cl. The number of hydrazone groups is 1. The summed E-state index contributed by atoms with van der Waals surface area (Å²) in [7, 11) is 0. The monoisotopic (exact) mass is 357 g/mol. The predicted molar refractivity (Wildman–Crippen MR) is 96.2 cm³/mol. The van der Waals surface area contributed by atoms with Crippen molar-refractivity contribution in [1.82, 2.24) is 4.90 Å². The zero-order valence-electron chi connectivity index (χ0n) is 13.5. The van der Waals surface area contributed by atoms with Gasteiger partial charge in [0.05, 0.1) is 22.3 Å². The Balaban J connectivity index is 1.54. The fraction of sp³-hybridized carbons (Fsp3) is 0.263. The molecule has 6 heteroatoms. The number of carbonyl (C=O) groups is 1. The normalized spacial score (nSPS) is 20.6. The number of hydrogen-bond donors (Lipinski definition) is 0. The lowest BCUT2D eigenvalue weighted by Gasteiger charge is -2.29. The Morgan fingerprint density at radius 1 is 1.20 bits per heavy atom. The summed E-state index contributed by atoms with van der Waals surface area (Å²) in [4.78, 5) is 15.0. The summed E-state index contributed by atoms with van der Waals surface area (Å²) >= 11 is 6.09. The number of benzene rings is 2. The molecule has 25 heavy (non-hydrogen) atoms. The molecule has 128 valence electrons. The molecule has 0 spiro atoms. The number of nitrogens with zero attached hydrogens (tertiary/aromatic N) is 3. The summed E-state index contributed by atoms with van der Waals surface area (Å²) in [5, 5.41) is 6.01. The van der Waals surface area contributed by atoms with E-state index in [0.717, 1.165) is 25.2 Å². The Bertz CT molecular complexity index is 840. The zero-order valence-corrected chi connectivity index (χ0v) is 14.3. The van der Waals surface area contributed by atoms with Gasteiger partial charge in [0.1, 0.15) is 5.82 Å². The van der Waals surface area contributed by atoms with Crippen LogP contribution in [0, 0.1) is 11.7 Å². The van der Waals surface area contributed by atoms with Crippen molar-refractivity contribution in [2.24, 2.45) is 11.0 Å². The lowest BCUT2D eigenvalue weighted by Crippen LogP contribution is -2.41. The maximum absolute atomic E-state index is 13.3. The van der Waals surface area contributed by atoms with Crippen molar-refractivity contribution < 1.29 is 9.18 Å². The van der Waals surface area contributed by atoms with Gasteiger partial charge in [0.2, 0.25) is 0 Å². The maximum atomic E-state index is 13.3. The van der Waals surface area contributed by atoms with Crippen molar-refractivity contribution in [3.63, 3.8) is 0 Å². The van der Waals surface area contributed by atoms with Crippen molar-refractivity contribution in [3.8, 4) is 0 Å². The van der Waals surface area contributed by atoms with Gasteiger partial charge in [-0.2, -0.15) is 10.1 Å². The van der Waals surface area contributed by atoms with E-state index in [4.69, 9.17) is 11.6 Å². The highest BCUT2D eigenvalue weighted by atomic mass is 35.5. The van der Waals surface area contributed by atoms with Crippen molar-refractivity contribution in [2.45, 2.75) is 13.0 Å². The molecule has 1 unspecified atom stereocenters. The van der Waals surface area contributed by atoms with E-state index in [9.17, 15) is 9.18 Å². The van der Waals surface area contributed by atoms with Gasteiger partial charge in [-0.25, -0.2) is 4.39 Å². The predicted octanol–water partition coefficient (Wildman–Crippen LogP) is 3.70. The van der Waals surface area contributed by atoms with Crippen LogP contribution in [0.5, 0.6) is 0 Å². The molecule has 2 heterocycles. The summed E-state index contributed by atoms with van der Waals surface area (Å²) < 4.78 is 13.3. The zero-order chi connectivity index (χ0) is 17.4. The van der Waals surface area contributed by atoms with Gasteiger partial charge in [-0.3, -0.25) is 9.69 Å². The van der Waals surface area contributed by atoms with Crippen LogP contribution in [0.3, 0.4) is 0 Å². The highest BCUT2D eigenvalue weighted by molar-refractivity contribution is 6.34. The number of fused-ring (bicyclic) bond motifs is 1. The Kier molecular flexibility index (Phi) is 4.27. The molecule has 1 atom stereocenters. The minimum atomic E-state index is -0.431. The van der Waals surface area contributed by atoms with E-state index in [2.05, 4.69) is 22.1 Å². The van der Waals surface area contributed by atoms with E-state index in [0.29, 0.717) is 12.2 Å². The van der Waals surface area contributed by atoms with Crippen LogP contribution in [0.25, 0.3) is 0 Å². The molecule has 0 aliphatic carbocycles. The summed E-state index contributed by atoms with van der Waals surface area (Å²) in [5.41, 5.74) is 2.53. The first kappa shape index (κ1) is 16.2. The van der Waals surface area contributed by atoms with Gasteiger partial charge in [-0.1, -0.05) is 41.9 Å². The van der Waals surface area contributed by atoms with Crippen LogP contribution in [0.2, 0.25) is 5.02 Å². The van der Waals surface area contributed by atoms with Crippen LogP contribution in [0.4, 0.5) is 10.1 Å². The molecule has 0 N–H and O–H groups in total. The van der Waals surface area contributed by atoms with Crippen LogP contribution < -0.4 is 5.01 Å². The number of likely N-dealkylation sites (tertiary alicyclic amines) is 1. The van der Waals surface area contributed by atoms with Gasteiger partial charge in [0.25, 0.3) is 5.91 Å². The van der Waals surface area contributed by atoms with Crippen molar-refractivity contribution in [3.05, 3.63) is 64.9 Å². The van der Waals surface area contributed by atoms with Crippen LogP contribution in [0.1, 0.15) is 12.0 Å². The Labute approximate surface area is 150 Å². The smallest absolute Gasteiger partial charge is 0.256 e. The molecule has 1 amide bonds. The molecule has 4 rings (SSSR count). The third-order valence-electron chi connectivity index (χ3n) is 4.64. The maximum Gasteiger partial charge on any atom is 0.256 e. The topological polar surface area (TPSA) is 35.9 Å². The van der Waals surface area contributed by atoms with Gasteiger partial charge in [-0.15, -0.1) is 0 Å². The Morgan fingerprint density at radius 3 is 2.76 bits per heavy atom. The molecule has 1 saturated heterocycles. The Hall–Kier alpha value is -2.24. The van der Waals surface area contributed by atoms with Gasteiger partial charge in [-0.05, 0) is 30.2 Å². The van der Waals surface area contributed by atoms with E-state index in [1.54, 1.807) is 0 Å². The summed E-state index contributed by atoms with van der Waals surface area (Å²) in [6, 6.07) is 14.2. The molecule has 2 aliphatic rings. The average Bonchev–Trinajstić information content (AvgIpc) is 2.92. The summed E-state index contributed by atoms with van der Waals surface area (Å²) in [5.74, 6) is -0.712. The first-order valence-corrected chi connectivity index (χ1v) is 8.62. The van der Waals surface area contributed by atoms with Gasteiger partial charge < -0.3 is 0 Å². The third-order valence-corrected chi connectivity index (χ3v) is 4.95. The number of halogens is 2. The molecular formula is C19H17ClFN3O. The lowest BCUT2D eigenvalue weighted by molar-refractivity contribution is -0.120. The molecule has 0 bridgehead atoms. The second kappa shape index (κ2) is 6.58. The number of rotatable bonds is 3. The highest BCUT2D eigenvalue weighted by Crippen LogP contribution is 2.33. The van der Waals surface area contributed by atoms with E-state index in [1.165, 1.54) is 28.8 Å². The average molecular weight is 358 g/mol. The minimum absolute atomic E-state index is 0.0807. The van der Waals surface area contributed by atoms with Crippen molar-refractivity contribution in [1.29, 1.82) is 0 Å². The fourth-order valence-electron chi connectivity index (χ4n) is 3.39. The summed E-state index contributed by atoms with van der Waals surface area (Å²) in [6.45, 7) is 2.33. The van der Waals surface area contributed by atoms with Crippen molar-refractivity contribution >= 4 is 28.9 Å².